The molecule has 0 aromatic carbocycles. The molecule has 0 atom stereocenters. The van der Waals surface area contributed by atoms with Gasteiger partial charge in [0.15, 0.2) is 0 Å². The summed E-state index contributed by atoms with van der Waals surface area (Å²) in [6.45, 7) is 0. The van der Waals surface area contributed by atoms with Gasteiger partial charge >= 0.3 is 0 Å². The number of aromatic amines is 1. The Morgan fingerprint density at radius 3 is 2.23 bits per heavy atom. The van der Waals surface area contributed by atoms with Gasteiger partial charge in [-0.2, -0.15) is 9.78 Å². The summed E-state index contributed by atoms with van der Waals surface area (Å²) >= 11 is 4.95. The summed E-state index contributed by atoms with van der Waals surface area (Å²) in [5.74, 6) is 6.01. The quantitative estimate of drug-likeness (QED) is 0.290. The molecule has 0 unspecified atom stereocenters. The van der Waals surface area contributed by atoms with Crippen LogP contribution in [-0.2, 0) is 0 Å². The average Bonchev–Trinajstić information content (AvgIpc) is 2.89. The van der Waals surface area contributed by atoms with E-state index >= 15 is 0 Å². The minimum Gasteiger partial charge on any atom is -0.334 e. The molecule has 8 nitrogen and oxygen atoms in total. The molecule has 0 spiro atoms. The Hall–Kier alpha value is -3.07. The maximum absolute atomic E-state index is 5.72. The molecular weight excluding hydrogens is 300 g/mol. The molecule has 0 amide bonds. The van der Waals surface area contributed by atoms with Gasteiger partial charge in [-0.15, -0.1) is 5.10 Å². The summed E-state index contributed by atoms with van der Waals surface area (Å²) in [5, 5.41) is 10.8. The molecule has 0 saturated carbocycles. The summed E-state index contributed by atoms with van der Waals surface area (Å²) in [7, 11) is 0. The van der Waals surface area contributed by atoms with Crippen molar-refractivity contribution in [1.29, 1.82) is 0 Å². The highest BCUT2D eigenvalue weighted by Crippen LogP contribution is 2.07. The van der Waals surface area contributed by atoms with E-state index in [9.17, 15) is 0 Å². The van der Waals surface area contributed by atoms with Crippen LogP contribution in [0.5, 0.6) is 0 Å². The number of hydrazone groups is 1. The fraction of sp³-hybridized carbons (Fsp3) is 0. The van der Waals surface area contributed by atoms with Crippen LogP contribution in [0.3, 0.4) is 0 Å². The summed E-state index contributed by atoms with van der Waals surface area (Å²) in [4.78, 5) is 8.60. The molecule has 110 valence electrons. The monoisotopic (exact) mass is 312 g/mol. The topological polar surface area (TPSA) is 110 Å². The third kappa shape index (κ3) is 2.83. The first-order chi connectivity index (χ1) is 10.8. The van der Waals surface area contributed by atoms with E-state index in [4.69, 9.17) is 18.1 Å². The number of hydrogen-bond donors (Lipinski definition) is 3. The molecule has 0 fully saturated rings. The van der Waals surface area contributed by atoms with Crippen LogP contribution >= 0.6 is 12.2 Å². The lowest BCUT2D eigenvalue weighted by atomic mass is 10.1. The van der Waals surface area contributed by atoms with E-state index in [1.165, 1.54) is 4.68 Å². The molecule has 4 N–H and O–H groups in total. The SMILES string of the molecule is Nn1c(NN=C(c2ccccn2)c2ccccn2)n[nH]c1=S. The third-order valence-electron chi connectivity index (χ3n) is 2.79. The molecule has 22 heavy (non-hydrogen) atoms. The first-order valence-corrected chi connectivity index (χ1v) is 6.75. The molecule has 0 aliphatic carbocycles. The lowest BCUT2D eigenvalue weighted by Crippen LogP contribution is -2.14. The Morgan fingerprint density at radius 1 is 1.14 bits per heavy atom. The number of pyridine rings is 2. The van der Waals surface area contributed by atoms with Crippen molar-refractivity contribution in [3.05, 3.63) is 65.0 Å². The van der Waals surface area contributed by atoms with Gasteiger partial charge in [-0.1, -0.05) is 12.1 Å². The van der Waals surface area contributed by atoms with Crippen LogP contribution in [0.15, 0.2) is 53.9 Å². The second-order valence-corrected chi connectivity index (χ2v) is 4.61. The van der Waals surface area contributed by atoms with Crippen LogP contribution in [0, 0.1) is 4.77 Å². The predicted octanol–water partition coefficient (Wildman–Crippen LogP) is 1.31. The molecule has 3 aromatic heterocycles. The van der Waals surface area contributed by atoms with Crippen LogP contribution in [0.4, 0.5) is 5.95 Å². The Labute approximate surface area is 130 Å². The number of anilines is 1. The maximum Gasteiger partial charge on any atom is 0.262 e. The van der Waals surface area contributed by atoms with Crippen LogP contribution in [0.1, 0.15) is 11.4 Å². The van der Waals surface area contributed by atoms with Crippen molar-refractivity contribution in [3.8, 4) is 0 Å². The first-order valence-electron chi connectivity index (χ1n) is 6.34. The van der Waals surface area contributed by atoms with Gasteiger partial charge in [0, 0.05) is 12.4 Å². The second-order valence-electron chi connectivity index (χ2n) is 4.22. The highest BCUT2D eigenvalue weighted by Gasteiger charge is 2.10. The van der Waals surface area contributed by atoms with E-state index in [1.54, 1.807) is 12.4 Å². The predicted molar refractivity (Wildman–Crippen MR) is 85.3 cm³/mol. The number of rotatable bonds is 4. The lowest BCUT2D eigenvalue weighted by Gasteiger charge is -2.06. The highest BCUT2D eigenvalue weighted by molar-refractivity contribution is 7.71. The van der Waals surface area contributed by atoms with Crippen molar-refractivity contribution in [2.24, 2.45) is 5.10 Å². The number of nitrogens with zero attached hydrogens (tertiary/aromatic N) is 5. The fourth-order valence-corrected chi connectivity index (χ4v) is 1.87. The largest absolute Gasteiger partial charge is 0.334 e. The highest BCUT2D eigenvalue weighted by atomic mass is 32.1. The fourth-order valence-electron chi connectivity index (χ4n) is 1.74. The smallest absolute Gasteiger partial charge is 0.262 e. The van der Waals surface area contributed by atoms with E-state index in [2.05, 4.69) is 30.7 Å². The standard InChI is InChI=1S/C13H12N8S/c14-21-12(19-20-13(21)22)18-17-11(9-5-1-3-7-15-9)10-6-2-4-8-16-10/h1-8H,14H2,(H,18,19)(H,20,22). The molecule has 0 saturated heterocycles. The summed E-state index contributed by atoms with van der Waals surface area (Å²) in [6, 6.07) is 11.1. The van der Waals surface area contributed by atoms with Gasteiger partial charge < -0.3 is 5.84 Å². The summed E-state index contributed by atoms with van der Waals surface area (Å²) in [6.07, 6.45) is 3.37. The zero-order chi connectivity index (χ0) is 15.4. The minimum absolute atomic E-state index is 0.286. The molecule has 9 heteroatoms. The van der Waals surface area contributed by atoms with Crippen LogP contribution < -0.4 is 11.3 Å². The Kier molecular flexibility index (Phi) is 3.88. The number of H-pyrrole nitrogens is 1. The van der Waals surface area contributed by atoms with E-state index in [0.717, 1.165) is 0 Å². The van der Waals surface area contributed by atoms with Crippen LogP contribution in [0.25, 0.3) is 0 Å². The van der Waals surface area contributed by atoms with Crippen molar-refractivity contribution < 1.29 is 0 Å². The van der Waals surface area contributed by atoms with Crippen molar-refractivity contribution in [2.75, 3.05) is 11.3 Å². The number of hydrogen-bond acceptors (Lipinski definition) is 7. The number of aromatic nitrogens is 5. The van der Waals surface area contributed by atoms with Gasteiger partial charge in [-0.3, -0.25) is 9.97 Å². The third-order valence-corrected chi connectivity index (χ3v) is 3.08. The number of nitrogen functional groups attached to an aromatic ring is 1. The number of nitrogens with one attached hydrogen (secondary N) is 2. The van der Waals surface area contributed by atoms with Gasteiger partial charge in [-0.05, 0) is 36.5 Å². The van der Waals surface area contributed by atoms with E-state index < -0.39 is 0 Å². The molecule has 3 heterocycles. The van der Waals surface area contributed by atoms with E-state index in [-0.39, 0.29) is 10.7 Å². The maximum atomic E-state index is 5.72. The van der Waals surface area contributed by atoms with Crippen molar-refractivity contribution in [1.82, 2.24) is 24.8 Å². The zero-order valence-corrected chi connectivity index (χ0v) is 12.2. The van der Waals surface area contributed by atoms with Crippen molar-refractivity contribution in [2.45, 2.75) is 0 Å². The molecule has 0 aliphatic heterocycles. The van der Waals surface area contributed by atoms with E-state index in [1.807, 2.05) is 36.4 Å². The van der Waals surface area contributed by atoms with E-state index in [0.29, 0.717) is 17.1 Å². The minimum atomic E-state index is 0.286. The normalized spacial score (nSPS) is 10.2. The number of nitrogens with two attached hydrogens (primary N) is 1. The molecule has 3 aromatic rings. The second kappa shape index (κ2) is 6.14. The van der Waals surface area contributed by atoms with Gasteiger partial charge in [0.25, 0.3) is 5.95 Å². The molecule has 0 aliphatic rings. The van der Waals surface area contributed by atoms with Gasteiger partial charge in [0.1, 0.15) is 5.71 Å². The molecular formula is C13H12N8S. The summed E-state index contributed by atoms with van der Waals surface area (Å²) in [5.41, 5.74) is 4.68. The Morgan fingerprint density at radius 2 is 1.77 bits per heavy atom. The van der Waals surface area contributed by atoms with Crippen LogP contribution in [0.2, 0.25) is 0 Å². The first kappa shape index (κ1) is 13.9. The van der Waals surface area contributed by atoms with Crippen LogP contribution in [-0.4, -0.2) is 30.6 Å². The average molecular weight is 312 g/mol. The molecule has 0 radical (unpaired) electrons. The van der Waals surface area contributed by atoms with Crippen molar-refractivity contribution >= 4 is 23.9 Å². The van der Waals surface area contributed by atoms with Gasteiger partial charge in [0.05, 0.1) is 11.4 Å². The zero-order valence-electron chi connectivity index (χ0n) is 11.3. The summed E-state index contributed by atoms with van der Waals surface area (Å²) < 4.78 is 1.47. The van der Waals surface area contributed by atoms with Gasteiger partial charge in [0.2, 0.25) is 4.77 Å². The van der Waals surface area contributed by atoms with Crippen molar-refractivity contribution in [3.63, 3.8) is 0 Å². The Bertz CT molecular complexity index is 796. The Balaban J connectivity index is 2.00. The molecule has 3 rings (SSSR count). The molecule has 0 bridgehead atoms. The lowest BCUT2D eigenvalue weighted by molar-refractivity contribution is 0.970. The van der Waals surface area contributed by atoms with Gasteiger partial charge in [-0.25, -0.2) is 10.5 Å².